The minimum absolute atomic E-state index is 0.0576. The van der Waals surface area contributed by atoms with Gasteiger partial charge in [0.25, 0.3) is 0 Å². The van der Waals surface area contributed by atoms with Crippen LogP contribution in [0.1, 0.15) is 36.9 Å². The van der Waals surface area contributed by atoms with Gasteiger partial charge in [-0.15, -0.1) is 0 Å². The Bertz CT molecular complexity index is 1050. The van der Waals surface area contributed by atoms with Crippen LogP contribution < -0.4 is 10.2 Å². The van der Waals surface area contributed by atoms with E-state index in [4.69, 9.17) is 4.52 Å². The predicted molar refractivity (Wildman–Crippen MR) is 105 cm³/mol. The van der Waals surface area contributed by atoms with E-state index in [1.807, 2.05) is 19.1 Å². The Morgan fingerprint density at radius 2 is 2.11 bits per heavy atom. The van der Waals surface area contributed by atoms with Crippen molar-refractivity contribution in [2.75, 3.05) is 16.8 Å². The number of rotatable bonds is 4. The molecule has 1 amide bonds. The third-order valence-corrected chi connectivity index (χ3v) is 4.97. The number of amides is 1. The highest BCUT2D eigenvalue weighted by atomic mass is 19.1. The lowest BCUT2D eigenvalue weighted by Gasteiger charge is -2.16. The fourth-order valence-electron chi connectivity index (χ4n) is 3.44. The van der Waals surface area contributed by atoms with E-state index in [-0.39, 0.29) is 17.8 Å². The molecule has 0 spiro atoms. The fourth-order valence-corrected chi connectivity index (χ4v) is 3.44. The Morgan fingerprint density at radius 1 is 1.29 bits per heavy atom. The van der Waals surface area contributed by atoms with Gasteiger partial charge in [-0.3, -0.25) is 4.79 Å². The molecule has 4 rings (SSSR count). The van der Waals surface area contributed by atoms with Gasteiger partial charge in [0.1, 0.15) is 11.9 Å². The predicted octanol–water partition coefficient (Wildman–Crippen LogP) is 4.27. The highest BCUT2D eigenvalue weighted by Gasteiger charge is 2.23. The lowest BCUT2D eigenvalue weighted by molar-refractivity contribution is -0.116. The number of anilines is 2. The lowest BCUT2D eigenvalue weighted by Crippen LogP contribution is -2.25. The SMILES string of the molecule is CC(=O)N1CCc2cc(N[C@H](C)c3nc(-c4ccc(F)c(C)c4)no3)ccc21. The number of aryl methyl sites for hydroxylation is 1. The van der Waals surface area contributed by atoms with Crippen molar-refractivity contribution in [2.45, 2.75) is 33.2 Å². The van der Waals surface area contributed by atoms with E-state index in [9.17, 15) is 9.18 Å². The molecule has 28 heavy (non-hydrogen) atoms. The maximum absolute atomic E-state index is 13.5. The molecule has 2 heterocycles. The number of carbonyl (C=O) groups is 1. The summed E-state index contributed by atoms with van der Waals surface area (Å²) in [6, 6.07) is 10.5. The van der Waals surface area contributed by atoms with Crippen LogP contribution in [0, 0.1) is 12.7 Å². The molecule has 0 bridgehead atoms. The summed E-state index contributed by atoms with van der Waals surface area (Å²) in [5.41, 5.74) is 4.28. The summed E-state index contributed by atoms with van der Waals surface area (Å²) in [5.74, 6) is 0.672. The maximum Gasteiger partial charge on any atom is 0.249 e. The number of aromatic nitrogens is 2. The van der Waals surface area contributed by atoms with E-state index in [1.165, 1.54) is 6.07 Å². The minimum atomic E-state index is -0.262. The zero-order valence-corrected chi connectivity index (χ0v) is 16.0. The molecule has 2 aromatic carbocycles. The number of hydrogen-bond acceptors (Lipinski definition) is 5. The van der Waals surface area contributed by atoms with Crippen molar-refractivity contribution < 1.29 is 13.7 Å². The van der Waals surface area contributed by atoms with E-state index >= 15 is 0 Å². The topological polar surface area (TPSA) is 71.3 Å². The molecule has 0 unspecified atom stereocenters. The highest BCUT2D eigenvalue weighted by molar-refractivity contribution is 5.94. The molecule has 3 aromatic rings. The molecule has 0 fully saturated rings. The molecule has 6 nitrogen and oxygen atoms in total. The Kier molecular flexibility index (Phi) is 4.58. The molecule has 0 saturated heterocycles. The molecule has 1 aliphatic heterocycles. The molecule has 0 saturated carbocycles. The smallest absolute Gasteiger partial charge is 0.249 e. The molecule has 0 aliphatic carbocycles. The summed E-state index contributed by atoms with van der Waals surface area (Å²) in [7, 11) is 0. The molecule has 0 radical (unpaired) electrons. The summed E-state index contributed by atoms with van der Waals surface area (Å²) in [4.78, 5) is 17.9. The van der Waals surface area contributed by atoms with E-state index in [0.29, 0.717) is 29.4 Å². The number of benzene rings is 2. The van der Waals surface area contributed by atoms with E-state index in [2.05, 4.69) is 21.5 Å². The largest absolute Gasteiger partial charge is 0.374 e. The average molecular weight is 380 g/mol. The van der Waals surface area contributed by atoms with Crippen molar-refractivity contribution in [3.05, 3.63) is 59.2 Å². The third kappa shape index (κ3) is 3.35. The first-order valence-electron chi connectivity index (χ1n) is 9.20. The van der Waals surface area contributed by atoms with Gasteiger partial charge < -0.3 is 14.7 Å². The van der Waals surface area contributed by atoms with Crippen LogP contribution in [0.15, 0.2) is 40.9 Å². The molecule has 7 heteroatoms. The second kappa shape index (κ2) is 7.07. The summed E-state index contributed by atoms with van der Waals surface area (Å²) in [5, 5.41) is 7.37. The highest BCUT2D eigenvalue weighted by Crippen LogP contribution is 2.32. The van der Waals surface area contributed by atoms with Gasteiger partial charge in [0.2, 0.25) is 17.6 Å². The summed E-state index contributed by atoms with van der Waals surface area (Å²) in [6.45, 7) is 5.93. The Balaban J connectivity index is 1.50. The first kappa shape index (κ1) is 18.2. The zero-order valence-electron chi connectivity index (χ0n) is 16.0. The van der Waals surface area contributed by atoms with Crippen LogP contribution >= 0.6 is 0 Å². The number of carbonyl (C=O) groups excluding carboxylic acids is 1. The molecular weight excluding hydrogens is 359 g/mol. The Labute approximate surface area is 162 Å². The van der Waals surface area contributed by atoms with Crippen molar-refractivity contribution in [3.8, 4) is 11.4 Å². The zero-order chi connectivity index (χ0) is 19.8. The monoisotopic (exact) mass is 380 g/mol. The second-order valence-corrected chi connectivity index (χ2v) is 7.05. The first-order valence-corrected chi connectivity index (χ1v) is 9.20. The second-order valence-electron chi connectivity index (χ2n) is 7.05. The number of fused-ring (bicyclic) bond motifs is 1. The van der Waals surface area contributed by atoms with Gasteiger partial charge in [0, 0.05) is 30.4 Å². The van der Waals surface area contributed by atoms with Crippen LogP contribution in [0.2, 0.25) is 0 Å². The van der Waals surface area contributed by atoms with Crippen molar-refractivity contribution in [1.82, 2.24) is 10.1 Å². The van der Waals surface area contributed by atoms with Gasteiger partial charge in [0.05, 0.1) is 0 Å². The van der Waals surface area contributed by atoms with Crippen LogP contribution in [0.5, 0.6) is 0 Å². The van der Waals surface area contributed by atoms with Gasteiger partial charge in [-0.25, -0.2) is 4.39 Å². The quantitative estimate of drug-likeness (QED) is 0.732. The molecule has 1 N–H and O–H groups in total. The number of halogens is 1. The molecule has 1 atom stereocenters. The lowest BCUT2D eigenvalue weighted by atomic mass is 10.1. The van der Waals surface area contributed by atoms with Crippen LogP contribution in [0.4, 0.5) is 15.8 Å². The van der Waals surface area contributed by atoms with E-state index in [1.54, 1.807) is 30.9 Å². The first-order chi connectivity index (χ1) is 13.4. The number of nitrogens with one attached hydrogen (secondary N) is 1. The average Bonchev–Trinajstić information content (AvgIpc) is 3.31. The fraction of sp³-hybridized carbons (Fsp3) is 0.286. The van der Waals surface area contributed by atoms with Crippen molar-refractivity contribution >= 4 is 17.3 Å². The molecular formula is C21H21FN4O2. The van der Waals surface area contributed by atoms with Gasteiger partial charge in [-0.1, -0.05) is 5.16 Å². The molecule has 1 aromatic heterocycles. The van der Waals surface area contributed by atoms with Crippen LogP contribution in [0.3, 0.4) is 0 Å². The summed E-state index contributed by atoms with van der Waals surface area (Å²) < 4.78 is 18.9. The van der Waals surface area contributed by atoms with Crippen LogP contribution in [-0.2, 0) is 11.2 Å². The Hall–Kier alpha value is -3.22. The summed E-state index contributed by atoms with van der Waals surface area (Å²) >= 11 is 0. The Morgan fingerprint density at radius 3 is 2.86 bits per heavy atom. The van der Waals surface area contributed by atoms with Crippen LogP contribution in [0.25, 0.3) is 11.4 Å². The van der Waals surface area contributed by atoms with Crippen molar-refractivity contribution in [2.24, 2.45) is 0 Å². The molecule has 1 aliphatic rings. The van der Waals surface area contributed by atoms with Crippen LogP contribution in [-0.4, -0.2) is 22.6 Å². The molecule has 144 valence electrons. The van der Waals surface area contributed by atoms with Gasteiger partial charge >= 0.3 is 0 Å². The van der Waals surface area contributed by atoms with Gasteiger partial charge in [-0.2, -0.15) is 4.98 Å². The van der Waals surface area contributed by atoms with Crippen molar-refractivity contribution in [3.63, 3.8) is 0 Å². The standard InChI is InChI=1S/C21H21FN4O2/c1-12-10-16(4-6-18(12)22)20-24-21(28-25-20)13(2)23-17-5-7-19-15(11-17)8-9-26(19)14(3)27/h4-7,10-11,13,23H,8-9H2,1-3H3/t13-/m1/s1. The van der Waals surface area contributed by atoms with E-state index < -0.39 is 0 Å². The van der Waals surface area contributed by atoms with Gasteiger partial charge in [-0.05, 0) is 67.8 Å². The summed E-state index contributed by atoms with van der Waals surface area (Å²) in [6.07, 6.45) is 0.841. The minimum Gasteiger partial charge on any atom is -0.374 e. The van der Waals surface area contributed by atoms with Crippen molar-refractivity contribution in [1.29, 1.82) is 0 Å². The number of nitrogens with zero attached hydrogens (tertiary/aromatic N) is 3. The maximum atomic E-state index is 13.5. The van der Waals surface area contributed by atoms with Gasteiger partial charge in [0.15, 0.2) is 0 Å². The normalized spacial score (nSPS) is 14.1. The third-order valence-electron chi connectivity index (χ3n) is 4.97. The number of hydrogen-bond donors (Lipinski definition) is 1. The van der Waals surface area contributed by atoms with E-state index in [0.717, 1.165) is 23.4 Å².